The Hall–Kier alpha value is -3.02. The topological polar surface area (TPSA) is 63.9 Å². The van der Waals surface area contributed by atoms with Crippen molar-refractivity contribution in [3.8, 4) is 0 Å². The predicted octanol–water partition coefficient (Wildman–Crippen LogP) is 3.26. The molecule has 27 heavy (non-hydrogen) atoms. The minimum atomic E-state index is -0.0434. The second kappa shape index (κ2) is 6.30. The number of aryl methyl sites for hydroxylation is 1. The molecule has 1 amide bonds. The van der Waals surface area contributed by atoms with Gasteiger partial charge in [0.2, 0.25) is 0 Å². The molecule has 1 aromatic carbocycles. The molecular formula is C21H21N5O. The third-order valence-corrected chi connectivity index (χ3v) is 5.49. The highest BCUT2D eigenvalue weighted by Crippen LogP contribution is 2.38. The van der Waals surface area contributed by atoms with Gasteiger partial charge in [-0.3, -0.25) is 4.79 Å². The average Bonchev–Trinajstić information content (AvgIpc) is 3.51. The number of amides is 1. The number of hydrogen-bond acceptors (Lipinski definition) is 4. The smallest absolute Gasteiger partial charge is 0.257 e. The van der Waals surface area contributed by atoms with Gasteiger partial charge in [-0.25, -0.2) is 15.0 Å². The van der Waals surface area contributed by atoms with Gasteiger partial charge < -0.3 is 9.47 Å². The van der Waals surface area contributed by atoms with Gasteiger partial charge >= 0.3 is 0 Å². The summed E-state index contributed by atoms with van der Waals surface area (Å²) >= 11 is 0. The maximum absolute atomic E-state index is 13.3. The molecule has 3 heterocycles. The normalized spacial score (nSPS) is 19.0. The van der Waals surface area contributed by atoms with Crippen molar-refractivity contribution in [1.82, 2.24) is 24.4 Å². The zero-order chi connectivity index (χ0) is 18.4. The third-order valence-electron chi connectivity index (χ3n) is 5.49. The van der Waals surface area contributed by atoms with E-state index in [0.717, 1.165) is 35.7 Å². The van der Waals surface area contributed by atoms with E-state index in [1.165, 1.54) is 0 Å². The van der Waals surface area contributed by atoms with Crippen LogP contribution in [0.4, 0.5) is 0 Å². The molecule has 0 unspecified atom stereocenters. The van der Waals surface area contributed by atoms with Gasteiger partial charge in [0.05, 0.1) is 18.2 Å². The molecule has 1 atom stereocenters. The van der Waals surface area contributed by atoms with Crippen molar-refractivity contribution in [2.45, 2.75) is 44.8 Å². The van der Waals surface area contributed by atoms with Crippen molar-refractivity contribution < 1.29 is 4.79 Å². The Labute approximate surface area is 157 Å². The Morgan fingerprint density at radius 3 is 2.48 bits per heavy atom. The molecule has 1 aliphatic heterocycles. The zero-order valence-corrected chi connectivity index (χ0v) is 15.2. The Bertz CT molecular complexity index is 976. The molecule has 136 valence electrons. The van der Waals surface area contributed by atoms with Gasteiger partial charge in [0.1, 0.15) is 11.6 Å². The maximum Gasteiger partial charge on any atom is 0.257 e. The van der Waals surface area contributed by atoms with Gasteiger partial charge in [-0.2, -0.15) is 0 Å². The van der Waals surface area contributed by atoms with Crippen LogP contribution in [0.15, 0.2) is 48.9 Å². The summed E-state index contributed by atoms with van der Waals surface area (Å²) in [7, 11) is 0. The first-order valence-electron chi connectivity index (χ1n) is 9.39. The van der Waals surface area contributed by atoms with Crippen LogP contribution < -0.4 is 0 Å². The van der Waals surface area contributed by atoms with E-state index in [1.807, 2.05) is 29.3 Å². The lowest BCUT2D eigenvalue weighted by molar-refractivity contribution is 0.0582. The van der Waals surface area contributed by atoms with Crippen LogP contribution in [0.1, 0.15) is 58.1 Å². The van der Waals surface area contributed by atoms with E-state index in [-0.39, 0.29) is 11.9 Å². The van der Waals surface area contributed by atoms with Crippen molar-refractivity contribution in [2.24, 2.45) is 0 Å². The van der Waals surface area contributed by atoms with Crippen molar-refractivity contribution in [3.05, 3.63) is 77.4 Å². The summed E-state index contributed by atoms with van der Waals surface area (Å²) in [5.41, 5.74) is 2.78. The maximum atomic E-state index is 13.3. The van der Waals surface area contributed by atoms with Crippen LogP contribution in [0.2, 0.25) is 0 Å². The van der Waals surface area contributed by atoms with Gasteiger partial charge in [0, 0.05) is 36.7 Å². The van der Waals surface area contributed by atoms with E-state index < -0.39 is 0 Å². The molecule has 1 saturated carbocycles. The fraction of sp³-hybridized carbons (Fsp3) is 0.333. The molecule has 2 aliphatic rings. The van der Waals surface area contributed by atoms with E-state index in [1.54, 1.807) is 12.4 Å². The summed E-state index contributed by atoms with van der Waals surface area (Å²) in [6.45, 7) is 3.25. The summed E-state index contributed by atoms with van der Waals surface area (Å²) in [6.07, 6.45) is 7.53. The van der Waals surface area contributed by atoms with Gasteiger partial charge in [-0.05, 0) is 25.3 Å². The van der Waals surface area contributed by atoms with Crippen molar-refractivity contribution in [3.63, 3.8) is 0 Å². The first-order chi connectivity index (χ1) is 13.2. The van der Waals surface area contributed by atoms with Gasteiger partial charge in [-0.15, -0.1) is 0 Å². The summed E-state index contributed by atoms with van der Waals surface area (Å²) in [5.74, 6) is 2.22. The second-order valence-electron chi connectivity index (χ2n) is 7.39. The van der Waals surface area contributed by atoms with Crippen LogP contribution in [0, 0.1) is 6.92 Å². The molecule has 1 fully saturated rings. The largest absolute Gasteiger partial charge is 0.328 e. The number of carbonyl (C=O) groups is 1. The molecule has 0 radical (unpaired) electrons. The van der Waals surface area contributed by atoms with Crippen LogP contribution in [0.25, 0.3) is 0 Å². The highest BCUT2D eigenvalue weighted by molar-refractivity contribution is 5.94. The van der Waals surface area contributed by atoms with Crippen molar-refractivity contribution >= 4 is 5.91 Å². The quantitative estimate of drug-likeness (QED) is 0.720. The lowest BCUT2D eigenvalue weighted by atomic mass is 10.0. The SMILES string of the molecule is Cc1cnc2n1C[C@H](c1ccccc1)N(C(=O)c1cnc(C3CC3)nc1)C2. The summed E-state index contributed by atoms with van der Waals surface area (Å²) in [5, 5.41) is 0. The molecule has 2 aromatic heterocycles. The number of nitrogens with zero attached hydrogens (tertiary/aromatic N) is 5. The lowest BCUT2D eigenvalue weighted by Crippen LogP contribution is -2.41. The molecule has 6 heteroatoms. The number of benzene rings is 1. The van der Waals surface area contributed by atoms with E-state index in [0.29, 0.717) is 24.6 Å². The van der Waals surface area contributed by atoms with E-state index >= 15 is 0 Å². The average molecular weight is 359 g/mol. The van der Waals surface area contributed by atoms with Crippen molar-refractivity contribution in [2.75, 3.05) is 0 Å². The Morgan fingerprint density at radius 1 is 1.04 bits per heavy atom. The first kappa shape index (κ1) is 16.2. The van der Waals surface area contributed by atoms with E-state index in [9.17, 15) is 4.79 Å². The summed E-state index contributed by atoms with van der Waals surface area (Å²) < 4.78 is 2.20. The number of imidazole rings is 1. The molecule has 0 spiro atoms. The monoisotopic (exact) mass is 359 g/mol. The standard InChI is InChI=1S/C21H21N5O/c1-14-9-22-19-13-26(18(12-25(14)19)15-5-3-2-4-6-15)21(27)17-10-23-20(24-11-17)16-7-8-16/h2-6,9-11,16,18H,7-8,12-13H2,1H3/t18-/m1/s1. The first-order valence-corrected chi connectivity index (χ1v) is 9.39. The van der Waals surface area contributed by atoms with Crippen LogP contribution >= 0.6 is 0 Å². The highest BCUT2D eigenvalue weighted by atomic mass is 16.2. The van der Waals surface area contributed by atoms with E-state index in [2.05, 4.69) is 38.6 Å². The van der Waals surface area contributed by atoms with Gasteiger partial charge in [-0.1, -0.05) is 30.3 Å². The predicted molar refractivity (Wildman–Crippen MR) is 100 cm³/mol. The van der Waals surface area contributed by atoms with Crippen molar-refractivity contribution in [1.29, 1.82) is 0 Å². The molecule has 0 bridgehead atoms. The zero-order valence-electron chi connectivity index (χ0n) is 15.2. The molecule has 1 aliphatic carbocycles. The van der Waals surface area contributed by atoms with Crippen LogP contribution in [0.3, 0.4) is 0 Å². The highest BCUT2D eigenvalue weighted by Gasteiger charge is 2.33. The number of hydrogen-bond donors (Lipinski definition) is 0. The van der Waals surface area contributed by atoms with Gasteiger partial charge in [0.25, 0.3) is 5.91 Å². The molecule has 0 N–H and O–H groups in total. The molecule has 5 rings (SSSR count). The number of carbonyl (C=O) groups excluding carboxylic acids is 1. The van der Waals surface area contributed by atoms with Crippen LogP contribution in [0.5, 0.6) is 0 Å². The molecule has 6 nitrogen and oxygen atoms in total. The summed E-state index contributed by atoms with van der Waals surface area (Å²) in [4.78, 5) is 28.5. The van der Waals surface area contributed by atoms with Gasteiger partial charge in [0.15, 0.2) is 0 Å². The Morgan fingerprint density at radius 2 is 1.78 bits per heavy atom. The molecule has 3 aromatic rings. The van der Waals surface area contributed by atoms with Crippen LogP contribution in [-0.4, -0.2) is 30.3 Å². The Balaban J connectivity index is 1.50. The summed E-state index contributed by atoms with van der Waals surface area (Å²) in [6, 6.07) is 10.1. The van der Waals surface area contributed by atoms with E-state index in [4.69, 9.17) is 0 Å². The Kier molecular flexibility index (Phi) is 3.77. The number of rotatable bonds is 3. The number of fused-ring (bicyclic) bond motifs is 1. The minimum absolute atomic E-state index is 0.0396. The third kappa shape index (κ3) is 2.91. The van der Waals surface area contributed by atoms with Crippen LogP contribution in [-0.2, 0) is 13.1 Å². The minimum Gasteiger partial charge on any atom is -0.328 e. The molecular weight excluding hydrogens is 338 g/mol. The fourth-order valence-electron chi connectivity index (χ4n) is 3.76. The molecule has 0 saturated heterocycles. The lowest BCUT2D eigenvalue weighted by Gasteiger charge is -2.37. The fourth-order valence-corrected chi connectivity index (χ4v) is 3.76. The second-order valence-corrected chi connectivity index (χ2v) is 7.39. The number of aromatic nitrogens is 4.